The summed E-state index contributed by atoms with van der Waals surface area (Å²) in [6.07, 6.45) is 2.50. The van der Waals surface area contributed by atoms with Crippen LogP contribution >= 0.6 is 11.3 Å². The van der Waals surface area contributed by atoms with Crippen molar-refractivity contribution in [1.82, 2.24) is 9.97 Å². The SMILES string of the molecule is Cc1nc(CCN=C(N)Nc2ccccn2)cs1. The van der Waals surface area contributed by atoms with Gasteiger partial charge in [-0.25, -0.2) is 9.97 Å². The molecule has 5 nitrogen and oxygen atoms in total. The van der Waals surface area contributed by atoms with Crippen LogP contribution < -0.4 is 11.1 Å². The molecule has 0 unspecified atom stereocenters. The van der Waals surface area contributed by atoms with Gasteiger partial charge in [-0.1, -0.05) is 6.07 Å². The van der Waals surface area contributed by atoms with Crippen LogP contribution in [0.5, 0.6) is 0 Å². The van der Waals surface area contributed by atoms with E-state index in [4.69, 9.17) is 5.73 Å². The fraction of sp³-hybridized carbons (Fsp3) is 0.250. The summed E-state index contributed by atoms with van der Waals surface area (Å²) in [4.78, 5) is 12.7. The van der Waals surface area contributed by atoms with E-state index in [1.54, 1.807) is 17.5 Å². The van der Waals surface area contributed by atoms with E-state index in [0.717, 1.165) is 17.1 Å². The smallest absolute Gasteiger partial charge is 0.194 e. The molecule has 2 aromatic rings. The van der Waals surface area contributed by atoms with Crippen molar-refractivity contribution in [3.8, 4) is 0 Å². The molecular weight excluding hydrogens is 246 g/mol. The minimum absolute atomic E-state index is 0.376. The molecule has 0 radical (unpaired) electrons. The topological polar surface area (TPSA) is 76.2 Å². The number of aromatic nitrogens is 2. The number of aliphatic imine (C=N–C) groups is 1. The van der Waals surface area contributed by atoms with Crippen LogP contribution in [0.4, 0.5) is 5.82 Å². The fourth-order valence-corrected chi connectivity index (χ4v) is 2.07. The van der Waals surface area contributed by atoms with Crippen molar-refractivity contribution in [2.24, 2.45) is 10.7 Å². The number of rotatable bonds is 4. The summed E-state index contributed by atoms with van der Waals surface area (Å²) in [7, 11) is 0. The van der Waals surface area contributed by atoms with Crippen LogP contribution in [0, 0.1) is 6.92 Å². The normalized spacial score (nSPS) is 11.5. The molecule has 6 heteroatoms. The van der Waals surface area contributed by atoms with Gasteiger partial charge in [-0.05, 0) is 19.1 Å². The molecule has 0 aliphatic rings. The monoisotopic (exact) mass is 261 g/mol. The fourth-order valence-electron chi connectivity index (χ4n) is 1.42. The molecule has 3 N–H and O–H groups in total. The summed E-state index contributed by atoms with van der Waals surface area (Å²) in [5.74, 6) is 1.07. The second kappa shape index (κ2) is 6.11. The Balaban J connectivity index is 1.82. The van der Waals surface area contributed by atoms with Crippen molar-refractivity contribution < 1.29 is 0 Å². The van der Waals surface area contributed by atoms with Crippen molar-refractivity contribution in [2.75, 3.05) is 11.9 Å². The number of nitrogens with one attached hydrogen (secondary N) is 1. The van der Waals surface area contributed by atoms with E-state index in [0.29, 0.717) is 18.3 Å². The third kappa shape index (κ3) is 3.81. The molecule has 0 aromatic carbocycles. The number of pyridine rings is 1. The number of hydrogen-bond donors (Lipinski definition) is 2. The standard InChI is InChI=1S/C12H15N5S/c1-9-16-10(8-18-9)5-7-15-12(13)17-11-4-2-3-6-14-11/h2-4,6,8H,5,7H2,1H3,(H3,13,14,15,17). The number of nitrogens with zero attached hydrogens (tertiary/aromatic N) is 3. The Morgan fingerprint density at radius 3 is 3.06 bits per heavy atom. The van der Waals surface area contributed by atoms with Crippen LogP contribution in [0.1, 0.15) is 10.7 Å². The average molecular weight is 261 g/mol. The zero-order valence-corrected chi connectivity index (χ0v) is 10.9. The van der Waals surface area contributed by atoms with E-state index in [9.17, 15) is 0 Å². The molecular formula is C12H15N5S. The highest BCUT2D eigenvalue weighted by Gasteiger charge is 1.98. The lowest BCUT2D eigenvalue weighted by molar-refractivity contribution is 0.926. The first-order valence-electron chi connectivity index (χ1n) is 5.63. The van der Waals surface area contributed by atoms with Gasteiger partial charge in [-0.15, -0.1) is 11.3 Å². The zero-order chi connectivity index (χ0) is 12.8. The molecule has 0 amide bonds. The molecule has 0 aliphatic carbocycles. The highest BCUT2D eigenvalue weighted by Crippen LogP contribution is 2.08. The lowest BCUT2D eigenvalue weighted by Crippen LogP contribution is -2.23. The van der Waals surface area contributed by atoms with Gasteiger partial charge in [0.25, 0.3) is 0 Å². The van der Waals surface area contributed by atoms with E-state index in [-0.39, 0.29) is 0 Å². The van der Waals surface area contributed by atoms with Crippen molar-refractivity contribution in [2.45, 2.75) is 13.3 Å². The minimum atomic E-state index is 0.376. The quantitative estimate of drug-likeness (QED) is 0.650. The summed E-state index contributed by atoms with van der Waals surface area (Å²) in [5.41, 5.74) is 6.82. The van der Waals surface area contributed by atoms with Crippen LogP contribution in [0.25, 0.3) is 0 Å². The van der Waals surface area contributed by atoms with E-state index in [1.165, 1.54) is 0 Å². The Morgan fingerprint density at radius 1 is 1.50 bits per heavy atom. The first-order valence-corrected chi connectivity index (χ1v) is 6.51. The Hall–Kier alpha value is -1.95. The minimum Gasteiger partial charge on any atom is -0.370 e. The summed E-state index contributed by atoms with van der Waals surface area (Å²) >= 11 is 1.65. The second-order valence-electron chi connectivity index (χ2n) is 3.71. The summed E-state index contributed by atoms with van der Waals surface area (Å²) in [5, 5.41) is 6.06. The number of hydrogen-bond acceptors (Lipinski definition) is 4. The largest absolute Gasteiger partial charge is 0.370 e. The predicted molar refractivity (Wildman–Crippen MR) is 74.9 cm³/mol. The molecule has 94 valence electrons. The molecule has 0 spiro atoms. The summed E-state index contributed by atoms with van der Waals surface area (Å²) < 4.78 is 0. The van der Waals surface area contributed by atoms with Gasteiger partial charge in [0, 0.05) is 24.5 Å². The highest BCUT2D eigenvalue weighted by atomic mass is 32.1. The molecule has 2 aromatic heterocycles. The lowest BCUT2D eigenvalue weighted by Gasteiger charge is -2.03. The van der Waals surface area contributed by atoms with Gasteiger partial charge in [-0.3, -0.25) is 4.99 Å². The van der Waals surface area contributed by atoms with Gasteiger partial charge in [0.05, 0.1) is 10.7 Å². The molecule has 0 bridgehead atoms. The maximum atomic E-state index is 5.76. The van der Waals surface area contributed by atoms with E-state index in [1.807, 2.05) is 30.5 Å². The number of anilines is 1. The Labute approximate surface area is 110 Å². The number of thiazole rings is 1. The van der Waals surface area contributed by atoms with Crippen LogP contribution in [-0.2, 0) is 6.42 Å². The maximum absolute atomic E-state index is 5.76. The van der Waals surface area contributed by atoms with Crippen LogP contribution in [0.3, 0.4) is 0 Å². The van der Waals surface area contributed by atoms with Gasteiger partial charge < -0.3 is 11.1 Å². The number of guanidine groups is 1. The van der Waals surface area contributed by atoms with Crippen molar-refractivity contribution >= 4 is 23.1 Å². The highest BCUT2D eigenvalue weighted by molar-refractivity contribution is 7.09. The van der Waals surface area contributed by atoms with Crippen molar-refractivity contribution in [3.63, 3.8) is 0 Å². The predicted octanol–water partition coefficient (Wildman–Crippen LogP) is 1.82. The molecule has 18 heavy (non-hydrogen) atoms. The zero-order valence-electron chi connectivity index (χ0n) is 10.1. The van der Waals surface area contributed by atoms with E-state index < -0.39 is 0 Å². The van der Waals surface area contributed by atoms with E-state index >= 15 is 0 Å². The van der Waals surface area contributed by atoms with Crippen LogP contribution in [0.15, 0.2) is 34.8 Å². The molecule has 0 saturated carbocycles. The molecule has 0 fully saturated rings. The summed E-state index contributed by atoms with van der Waals surface area (Å²) in [6, 6.07) is 5.58. The van der Waals surface area contributed by atoms with Crippen molar-refractivity contribution in [1.29, 1.82) is 0 Å². The van der Waals surface area contributed by atoms with Gasteiger partial charge in [-0.2, -0.15) is 0 Å². The van der Waals surface area contributed by atoms with Gasteiger partial charge in [0.1, 0.15) is 5.82 Å². The second-order valence-corrected chi connectivity index (χ2v) is 4.78. The Kier molecular flexibility index (Phi) is 4.25. The van der Waals surface area contributed by atoms with Crippen LogP contribution in [0.2, 0.25) is 0 Å². The number of nitrogens with two attached hydrogens (primary N) is 1. The van der Waals surface area contributed by atoms with E-state index in [2.05, 4.69) is 20.3 Å². The molecule has 0 atom stereocenters. The first kappa shape index (κ1) is 12.5. The first-order chi connectivity index (χ1) is 8.74. The Morgan fingerprint density at radius 2 is 2.39 bits per heavy atom. The van der Waals surface area contributed by atoms with Crippen LogP contribution in [-0.4, -0.2) is 22.5 Å². The molecule has 0 aliphatic heterocycles. The molecule has 2 rings (SSSR count). The maximum Gasteiger partial charge on any atom is 0.194 e. The third-order valence-corrected chi connectivity index (χ3v) is 3.06. The van der Waals surface area contributed by atoms with Gasteiger partial charge in [0.15, 0.2) is 5.96 Å². The Bertz CT molecular complexity index is 520. The van der Waals surface area contributed by atoms with Gasteiger partial charge >= 0.3 is 0 Å². The van der Waals surface area contributed by atoms with Crippen molar-refractivity contribution in [3.05, 3.63) is 40.5 Å². The van der Waals surface area contributed by atoms with Gasteiger partial charge in [0.2, 0.25) is 0 Å². The summed E-state index contributed by atoms with van der Waals surface area (Å²) in [6.45, 7) is 2.61. The lowest BCUT2D eigenvalue weighted by atomic mass is 10.3. The third-order valence-electron chi connectivity index (χ3n) is 2.24. The molecule has 0 saturated heterocycles. The number of aryl methyl sites for hydroxylation is 1. The average Bonchev–Trinajstić information content (AvgIpc) is 2.76. The molecule has 2 heterocycles.